The van der Waals surface area contributed by atoms with E-state index in [0.29, 0.717) is 17.2 Å². The van der Waals surface area contributed by atoms with Crippen LogP contribution >= 0.6 is 22.9 Å². The van der Waals surface area contributed by atoms with Crippen LogP contribution in [0.3, 0.4) is 0 Å². The van der Waals surface area contributed by atoms with E-state index in [-0.39, 0.29) is 13.1 Å². The topological polar surface area (TPSA) is 52.2 Å². The van der Waals surface area contributed by atoms with E-state index < -0.39 is 0 Å². The van der Waals surface area contributed by atoms with Crippen LogP contribution in [-0.4, -0.2) is 19.2 Å². The fourth-order valence-corrected chi connectivity index (χ4v) is 3.51. The number of nitrogens with zero attached hydrogens (tertiary/aromatic N) is 4. The molecule has 4 rings (SSSR count). The van der Waals surface area contributed by atoms with Gasteiger partial charge in [-0.2, -0.15) is 9.61 Å². The highest BCUT2D eigenvalue weighted by Crippen LogP contribution is 2.23. The molecule has 0 atom stereocenters. The fourth-order valence-electron chi connectivity index (χ4n) is 2.40. The maximum atomic E-state index is 12.6. The average molecular weight is 333 g/mol. The van der Waals surface area contributed by atoms with Crippen LogP contribution in [0, 0.1) is 0 Å². The summed E-state index contributed by atoms with van der Waals surface area (Å²) in [6.45, 7) is 0.451. The Labute approximate surface area is 135 Å². The Hall–Kier alpha value is -2.18. The predicted molar refractivity (Wildman–Crippen MR) is 89.9 cm³/mol. The standard InChI is InChI=1S/C14H9ClN4OS.CH4/c15-10-3-1-2-9(6-10)7-18-13-11(4-5-21-13)12-16-8-17-19(12)14(18)20;/h1-6,8H,7H2;1H4. The number of thiophene rings is 1. The lowest BCUT2D eigenvalue weighted by atomic mass is 10.2. The second-order valence-corrected chi connectivity index (χ2v) is 5.96. The minimum atomic E-state index is -0.197. The lowest BCUT2D eigenvalue weighted by Gasteiger charge is -2.08. The number of hydrogen-bond donors (Lipinski definition) is 0. The number of benzene rings is 1. The number of fused-ring (bicyclic) bond motifs is 3. The summed E-state index contributed by atoms with van der Waals surface area (Å²) in [4.78, 5) is 17.6. The number of aromatic nitrogens is 4. The van der Waals surface area contributed by atoms with Crippen molar-refractivity contribution in [2.45, 2.75) is 14.0 Å². The first kappa shape index (κ1) is 14.7. The van der Waals surface area contributed by atoms with Gasteiger partial charge in [-0.1, -0.05) is 31.2 Å². The van der Waals surface area contributed by atoms with Crippen molar-refractivity contribution in [3.63, 3.8) is 0 Å². The van der Waals surface area contributed by atoms with Crippen LogP contribution in [0.1, 0.15) is 13.0 Å². The summed E-state index contributed by atoms with van der Waals surface area (Å²) in [5.41, 5.74) is 1.37. The van der Waals surface area contributed by atoms with E-state index in [2.05, 4.69) is 10.1 Å². The van der Waals surface area contributed by atoms with Gasteiger partial charge in [0.1, 0.15) is 11.2 Å². The summed E-state index contributed by atoms with van der Waals surface area (Å²) in [5, 5.41) is 7.56. The molecule has 0 amide bonds. The largest absolute Gasteiger partial charge is 0.352 e. The zero-order valence-corrected chi connectivity index (χ0v) is 12.3. The summed E-state index contributed by atoms with van der Waals surface area (Å²) in [6.07, 6.45) is 1.40. The van der Waals surface area contributed by atoms with Crippen LogP contribution in [0.25, 0.3) is 15.9 Å². The van der Waals surface area contributed by atoms with Crippen molar-refractivity contribution in [2.75, 3.05) is 0 Å². The van der Waals surface area contributed by atoms with Gasteiger partial charge in [-0.25, -0.2) is 9.78 Å². The Bertz CT molecular complexity index is 1020. The van der Waals surface area contributed by atoms with Crippen molar-refractivity contribution in [3.8, 4) is 0 Å². The molecule has 0 bridgehead atoms. The Kier molecular flexibility index (Phi) is 3.72. The van der Waals surface area contributed by atoms with Crippen LogP contribution in [0.15, 0.2) is 46.8 Å². The summed E-state index contributed by atoms with van der Waals surface area (Å²) < 4.78 is 3.03. The third-order valence-corrected chi connectivity index (χ3v) is 4.49. The van der Waals surface area contributed by atoms with Crippen molar-refractivity contribution in [1.82, 2.24) is 19.2 Å². The van der Waals surface area contributed by atoms with Gasteiger partial charge < -0.3 is 0 Å². The molecule has 0 fully saturated rings. The predicted octanol–water partition coefficient (Wildman–Crippen LogP) is 3.44. The van der Waals surface area contributed by atoms with E-state index in [0.717, 1.165) is 15.8 Å². The van der Waals surface area contributed by atoms with Crippen molar-refractivity contribution < 1.29 is 0 Å². The molecule has 0 saturated heterocycles. The first-order valence-electron chi connectivity index (χ1n) is 6.28. The molecule has 112 valence electrons. The molecule has 0 aliphatic carbocycles. The molecule has 0 N–H and O–H groups in total. The van der Waals surface area contributed by atoms with Crippen molar-refractivity contribution in [3.05, 3.63) is 63.1 Å². The third kappa shape index (κ3) is 2.20. The third-order valence-electron chi connectivity index (χ3n) is 3.32. The van der Waals surface area contributed by atoms with Gasteiger partial charge in [0.15, 0.2) is 5.65 Å². The Morgan fingerprint density at radius 3 is 2.95 bits per heavy atom. The average Bonchev–Trinajstić information content (AvgIpc) is 3.11. The summed E-state index contributed by atoms with van der Waals surface area (Å²) in [6, 6.07) is 9.46. The van der Waals surface area contributed by atoms with Crippen LogP contribution in [0.4, 0.5) is 0 Å². The van der Waals surface area contributed by atoms with Gasteiger partial charge in [0.2, 0.25) is 0 Å². The van der Waals surface area contributed by atoms with E-state index in [9.17, 15) is 4.79 Å². The molecule has 0 aliphatic heterocycles. The maximum absolute atomic E-state index is 12.6. The zero-order chi connectivity index (χ0) is 14.4. The molecule has 22 heavy (non-hydrogen) atoms. The van der Waals surface area contributed by atoms with Crippen molar-refractivity contribution in [1.29, 1.82) is 0 Å². The van der Waals surface area contributed by atoms with Crippen LogP contribution < -0.4 is 5.69 Å². The SMILES string of the molecule is C.O=c1n(Cc2cccc(Cl)c2)c2sccc2c2ncnn12. The first-order valence-corrected chi connectivity index (χ1v) is 7.54. The second-order valence-electron chi connectivity index (χ2n) is 4.63. The summed E-state index contributed by atoms with van der Waals surface area (Å²) in [5.74, 6) is 0. The maximum Gasteiger partial charge on any atom is 0.352 e. The van der Waals surface area contributed by atoms with Gasteiger partial charge in [0.05, 0.1) is 11.9 Å². The van der Waals surface area contributed by atoms with Crippen LogP contribution in [-0.2, 0) is 6.54 Å². The molecule has 0 spiro atoms. The normalized spacial score (nSPS) is 11.0. The molecule has 1 aromatic carbocycles. The number of hydrogen-bond acceptors (Lipinski definition) is 4. The number of halogens is 1. The summed E-state index contributed by atoms with van der Waals surface area (Å²) >= 11 is 7.53. The molecule has 0 saturated carbocycles. The van der Waals surface area contributed by atoms with Crippen LogP contribution in [0.2, 0.25) is 5.02 Å². The zero-order valence-electron chi connectivity index (χ0n) is 10.7. The Morgan fingerprint density at radius 2 is 2.14 bits per heavy atom. The molecular formula is C15H13ClN4OS. The quantitative estimate of drug-likeness (QED) is 0.565. The fraction of sp³-hybridized carbons (Fsp3) is 0.133. The molecule has 5 nitrogen and oxygen atoms in total. The smallest absolute Gasteiger partial charge is 0.278 e. The van der Waals surface area contributed by atoms with Gasteiger partial charge in [-0.15, -0.1) is 11.3 Å². The highest BCUT2D eigenvalue weighted by molar-refractivity contribution is 7.16. The van der Waals surface area contributed by atoms with E-state index in [4.69, 9.17) is 11.6 Å². The molecule has 3 aromatic heterocycles. The minimum Gasteiger partial charge on any atom is -0.278 e. The second kappa shape index (κ2) is 5.55. The van der Waals surface area contributed by atoms with E-state index >= 15 is 0 Å². The molecular weight excluding hydrogens is 320 g/mol. The monoisotopic (exact) mass is 332 g/mol. The molecule has 0 aliphatic rings. The van der Waals surface area contributed by atoms with Gasteiger partial charge in [-0.05, 0) is 29.1 Å². The Balaban J connectivity index is 0.00000144. The molecule has 0 radical (unpaired) electrons. The van der Waals surface area contributed by atoms with Gasteiger partial charge in [-0.3, -0.25) is 4.57 Å². The summed E-state index contributed by atoms with van der Waals surface area (Å²) in [7, 11) is 0. The molecule has 4 aromatic rings. The minimum absolute atomic E-state index is 0. The molecule has 7 heteroatoms. The van der Waals surface area contributed by atoms with Gasteiger partial charge in [0.25, 0.3) is 0 Å². The van der Waals surface area contributed by atoms with Gasteiger partial charge >= 0.3 is 5.69 Å². The van der Waals surface area contributed by atoms with E-state index in [1.165, 1.54) is 22.2 Å². The van der Waals surface area contributed by atoms with Crippen LogP contribution in [0.5, 0.6) is 0 Å². The van der Waals surface area contributed by atoms with E-state index in [1.807, 2.05) is 35.7 Å². The van der Waals surface area contributed by atoms with Crippen molar-refractivity contribution >= 4 is 38.8 Å². The van der Waals surface area contributed by atoms with Crippen molar-refractivity contribution in [2.24, 2.45) is 0 Å². The van der Waals surface area contributed by atoms with E-state index in [1.54, 1.807) is 4.57 Å². The molecule has 3 heterocycles. The highest BCUT2D eigenvalue weighted by Gasteiger charge is 2.13. The first-order chi connectivity index (χ1) is 10.2. The lowest BCUT2D eigenvalue weighted by Crippen LogP contribution is -2.27. The molecule has 0 unspecified atom stereocenters. The lowest BCUT2D eigenvalue weighted by molar-refractivity contribution is 0.720. The number of rotatable bonds is 2. The highest BCUT2D eigenvalue weighted by atomic mass is 35.5. The van der Waals surface area contributed by atoms with Gasteiger partial charge in [0, 0.05) is 5.02 Å². The Morgan fingerprint density at radius 1 is 1.27 bits per heavy atom.